The Morgan fingerprint density at radius 1 is 0.650 bits per heavy atom. The van der Waals surface area contributed by atoms with Gasteiger partial charge in [-0.05, 0) is 24.6 Å². The zero-order valence-electron chi connectivity index (χ0n) is 23.1. The number of phenolic OH excluding ortho intramolecular Hbond substituents is 1. The number of hydrogen-bond donors (Lipinski definition) is 4. The highest BCUT2D eigenvalue weighted by Gasteiger charge is 2.32. The summed E-state index contributed by atoms with van der Waals surface area (Å²) in [6.07, 6.45) is -1.62. The predicted molar refractivity (Wildman–Crippen MR) is 154 cm³/mol. The smallest absolute Gasteiger partial charge is 0.194 e. The van der Waals surface area contributed by atoms with Gasteiger partial charge in [-0.15, -0.1) is 0 Å². The molecule has 0 saturated heterocycles. The number of nitrogen functional groups attached to an aromatic ring is 1. The van der Waals surface area contributed by atoms with Crippen LogP contribution in [0.5, 0.6) is 28.7 Å². The molecule has 5 rings (SSSR count). The maximum Gasteiger partial charge on any atom is 0.194 e. The third kappa shape index (κ3) is 3.63. The van der Waals surface area contributed by atoms with Crippen LogP contribution in [0.3, 0.4) is 0 Å². The molecular weight excluding hydrogens is 518 g/mol. The highest BCUT2D eigenvalue weighted by molar-refractivity contribution is 6.39. The predicted octanol–water partition coefficient (Wildman–Crippen LogP) is 3.06. The Labute approximate surface area is 228 Å². The lowest BCUT2D eigenvalue weighted by molar-refractivity contribution is 0.193. The molecule has 2 atom stereocenters. The van der Waals surface area contributed by atoms with E-state index >= 15 is 0 Å². The number of aromatic hydroxyl groups is 1. The number of fused-ring (bicyclic) bond motifs is 2. The summed E-state index contributed by atoms with van der Waals surface area (Å²) in [5.74, 6) is 0.236. The van der Waals surface area contributed by atoms with Gasteiger partial charge in [0.05, 0.1) is 57.1 Å². The molecule has 0 aliphatic carbocycles. The zero-order valence-corrected chi connectivity index (χ0v) is 23.1. The summed E-state index contributed by atoms with van der Waals surface area (Å²) in [6, 6.07) is 2.58. The zero-order chi connectivity index (χ0) is 29.2. The Hall–Kier alpha value is -4.28. The van der Waals surface area contributed by atoms with E-state index < -0.39 is 23.1 Å². The van der Waals surface area contributed by atoms with Crippen LogP contribution in [-0.4, -0.2) is 56.0 Å². The minimum absolute atomic E-state index is 0.0113. The van der Waals surface area contributed by atoms with Crippen molar-refractivity contribution in [2.45, 2.75) is 38.9 Å². The number of aliphatic hydroxyl groups is 2. The van der Waals surface area contributed by atoms with Crippen molar-refractivity contribution in [3.8, 4) is 28.7 Å². The minimum atomic E-state index is -0.879. The SMILES string of the molecule is COc1c(N)c2c(=O)cc(OC)c3c4c(OC)cc(=O)c5c(O)c(OC)c(CC(C)O)c(c(c1CC(C)O)c23)c54. The summed E-state index contributed by atoms with van der Waals surface area (Å²) in [7, 11) is 5.62. The van der Waals surface area contributed by atoms with Gasteiger partial charge in [-0.3, -0.25) is 9.59 Å². The highest BCUT2D eigenvalue weighted by Crippen LogP contribution is 2.54. The van der Waals surface area contributed by atoms with Crippen LogP contribution in [0.2, 0.25) is 0 Å². The summed E-state index contributed by atoms with van der Waals surface area (Å²) in [5.41, 5.74) is 6.63. The van der Waals surface area contributed by atoms with Crippen molar-refractivity contribution in [3.63, 3.8) is 0 Å². The number of methoxy groups -OCH3 is 4. The van der Waals surface area contributed by atoms with Crippen LogP contribution in [-0.2, 0) is 12.8 Å². The molecule has 5 N–H and O–H groups in total. The van der Waals surface area contributed by atoms with Gasteiger partial charge in [-0.1, -0.05) is 0 Å². The Bertz CT molecular complexity index is 1780. The second-order valence-electron chi connectivity index (χ2n) is 10.0. The molecular formula is C30H31NO9. The van der Waals surface area contributed by atoms with Gasteiger partial charge in [0.25, 0.3) is 0 Å². The molecule has 5 aromatic rings. The van der Waals surface area contributed by atoms with E-state index in [0.717, 1.165) is 0 Å². The number of nitrogens with two attached hydrogens (primary N) is 1. The van der Waals surface area contributed by atoms with E-state index in [1.807, 2.05) is 0 Å². The molecule has 0 bridgehead atoms. The van der Waals surface area contributed by atoms with Gasteiger partial charge in [-0.2, -0.15) is 0 Å². The molecule has 0 aliphatic heterocycles. The van der Waals surface area contributed by atoms with Crippen molar-refractivity contribution in [2.24, 2.45) is 0 Å². The Kier molecular flexibility index (Phi) is 6.63. The van der Waals surface area contributed by atoms with Crippen LogP contribution >= 0.6 is 0 Å². The van der Waals surface area contributed by atoms with Crippen LogP contribution in [0.25, 0.3) is 43.1 Å². The summed E-state index contributed by atoms with van der Waals surface area (Å²) < 4.78 is 22.7. The molecule has 0 spiro atoms. The van der Waals surface area contributed by atoms with Crippen LogP contribution in [0, 0.1) is 0 Å². The van der Waals surface area contributed by atoms with E-state index in [9.17, 15) is 24.9 Å². The fourth-order valence-corrected chi connectivity index (χ4v) is 6.14. The van der Waals surface area contributed by atoms with Gasteiger partial charge < -0.3 is 40.0 Å². The van der Waals surface area contributed by atoms with Crippen molar-refractivity contribution in [1.82, 2.24) is 0 Å². The van der Waals surface area contributed by atoms with Gasteiger partial charge in [-0.25, -0.2) is 0 Å². The Balaban J connectivity index is 2.38. The molecule has 40 heavy (non-hydrogen) atoms. The second-order valence-corrected chi connectivity index (χ2v) is 10.0. The molecule has 210 valence electrons. The van der Waals surface area contributed by atoms with E-state index in [1.165, 1.54) is 40.6 Å². The molecule has 0 fully saturated rings. The Morgan fingerprint density at radius 2 is 1.07 bits per heavy atom. The van der Waals surface area contributed by atoms with Gasteiger partial charge in [0, 0.05) is 57.6 Å². The lowest BCUT2D eigenvalue weighted by Gasteiger charge is -2.26. The third-order valence-corrected chi connectivity index (χ3v) is 7.47. The number of rotatable bonds is 8. The first-order valence-electron chi connectivity index (χ1n) is 12.7. The topological polar surface area (TPSA) is 158 Å². The number of anilines is 1. The fourth-order valence-electron chi connectivity index (χ4n) is 6.14. The quantitative estimate of drug-likeness (QED) is 0.129. The first-order valence-corrected chi connectivity index (χ1v) is 12.7. The normalized spacial score (nSPS) is 13.4. The van der Waals surface area contributed by atoms with E-state index in [1.54, 1.807) is 13.8 Å². The van der Waals surface area contributed by atoms with Gasteiger partial charge in [0.15, 0.2) is 22.4 Å². The molecule has 5 aromatic carbocycles. The number of benzene rings is 5. The minimum Gasteiger partial charge on any atom is -0.504 e. The van der Waals surface area contributed by atoms with Crippen molar-refractivity contribution in [3.05, 3.63) is 43.7 Å². The second kappa shape index (κ2) is 9.72. The average Bonchev–Trinajstić information content (AvgIpc) is 2.89. The maximum atomic E-state index is 13.6. The van der Waals surface area contributed by atoms with E-state index in [-0.39, 0.29) is 58.0 Å². The van der Waals surface area contributed by atoms with Gasteiger partial charge >= 0.3 is 0 Å². The monoisotopic (exact) mass is 549 g/mol. The molecule has 0 aromatic heterocycles. The van der Waals surface area contributed by atoms with Crippen LogP contribution in [0.4, 0.5) is 5.69 Å². The molecule has 0 radical (unpaired) electrons. The summed E-state index contributed by atoms with van der Waals surface area (Å²) in [6.45, 7) is 3.20. The fraction of sp³-hybridized carbons (Fsp3) is 0.333. The molecule has 10 nitrogen and oxygen atoms in total. The summed E-state index contributed by atoms with van der Waals surface area (Å²) >= 11 is 0. The highest BCUT2D eigenvalue weighted by atomic mass is 16.5. The van der Waals surface area contributed by atoms with Gasteiger partial charge in [0.2, 0.25) is 0 Å². The number of ether oxygens (including phenoxy) is 4. The molecule has 0 amide bonds. The molecule has 0 saturated carbocycles. The Morgan fingerprint density at radius 3 is 1.50 bits per heavy atom. The van der Waals surface area contributed by atoms with Crippen LogP contribution in [0.1, 0.15) is 25.0 Å². The lowest BCUT2D eigenvalue weighted by Crippen LogP contribution is -2.15. The lowest BCUT2D eigenvalue weighted by atomic mass is 9.81. The van der Waals surface area contributed by atoms with Crippen LogP contribution < -0.4 is 35.5 Å². The van der Waals surface area contributed by atoms with Crippen molar-refractivity contribution in [2.75, 3.05) is 34.2 Å². The van der Waals surface area contributed by atoms with Crippen molar-refractivity contribution >= 4 is 48.8 Å². The number of aliphatic hydroxyl groups excluding tert-OH is 2. The molecule has 10 heteroatoms. The standard InChI is InChI=1S/C30H31NO9/c1-11(32)7-13-19-20-14(8-12(2)33)30(40-6)28(36)22-16(35)10-18(38-4)24(26(20)22)23-17(37-3)9-15(34)21(25(19)23)27(31)29(13)39-5/h9-12,32-33,36H,7-8,31H2,1-6H3. The molecule has 2 unspecified atom stereocenters. The van der Waals surface area contributed by atoms with Gasteiger partial charge in [0.1, 0.15) is 17.2 Å². The summed E-state index contributed by atoms with van der Waals surface area (Å²) in [4.78, 5) is 27.1. The maximum absolute atomic E-state index is 13.6. The van der Waals surface area contributed by atoms with Crippen LogP contribution in [0.15, 0.2) is 21.7 Å². The van der Waals surface area contributed by atoms with Crippen molar-refractivity contribution in [1.29, 1.82) is 0 Å². The van der Waals surface area contributed by atoms with E-state index in [4.69, 9.17) is 24.7 Å². The molecule has 0 aliphatic rings. The third-order valence-electron chi connectivity index (χ3n) is 7.47. The van der Waals surface area contributed by atoms with Crippen molar-refractivity contribution < 1.29 is 34.3 Å². The number of hydrogen-bond acceptors (Lipinski definition) is 10. The molecule has 0 heterocycles. The number of phenols is 1. The first-order chi connectivity index (χ1) is 19.0. The largest absolute Gasteiger partial charge is 0.504 e. The summed E-state index contributed by atoms with van der Waals surface area (Å²) in [5, 5.41) is 35.2. The van der Waals surface area contributed by atoms with E-state index in [2.05, 4.69) is 0 Å². The first kappa shape index (κ1) is 27.3. The average molecular weight is 550 g/mol. The van der Waals surface area contributed by atoms with E-state index in [0.29, 0.717) is 43.4 Å².